The summed E-state index contributed by atoms with van der Waals surface area (Å²) >= 11 is 0. The molecule has 14 heavy (non-hydrogen) atoms. The number of phenolic OH excluding ortho intramolecular Hbond substituents is 1. The molecule has 0 fully saturated rings. The van der Waals surface area contributed by atoms with Gasteiger partial charge in [0, 0.05) is 6.07 Å². The molecule has 0 spiro atoms. The van der Waals surface area contributed by atoms with Crippen LogP contribution in [0.25, 0.3) is 0 Å². The number of non-ortho nitro benzene ring substituents is 1. The molecule has 0 saturated carbocycles. The Balaban J connectivity index is 0.00000169. The summed E-state index contributed by atoms with van der Waals surface area (Å²) in [7, 11) is 0. The summed E-state index contributed by atoms with van der Waals surface area (Å²) in [6.45, 7) is 0. The van der Waals surface area contributed by atoms with Gasteiger partial charge in [0.1, 0.15) is 0 Å². The van der Waals surface area contributed by atoms with Crippen LogP contribution in [0.2, 0.25) is 0 Å². The molecule has 0 bridgehead atoms. The fraction of sp³-hybridized carbons (Fsp3) is 0. The summed E-state index contributed by atoms with van der Waals surface area (Å²) in [5.74, 6) is -0.587. The molecule has 8 heteroatoms. The number of hydrogen-bond acceptors (Lipinski definition) is 5. The number of nitrogens with zero attached hydrogens (tertiary/aromatic N) is 2. The van der Waals surface area contributed by atoms with Crippen molar-refractivity contribution in [2.45, 2.75) is 0 Å². The van der Waals surface area contributed by atoms with Crippen molar-refractivity contribution in [2.24, 2.45) is 0 Å². The van der Waals surface area contributed by atoms with Crippen LogP contribution in [-0.4, -0.2) is 66.3 Å². The van der Waals surface area contributed by atoms with E-state index in [2.05, 4.69) is 0 Å². The van der Waals surface area contributed by atoms with E-state index in [1.54, 1.807) is 0 Å². The van der Waals surface area contributed by atoms with Crippen molar-refractivity contribution in [1.29, 1.82) is 0 Å². The Labute approximate surface area is 120 Å². The average Bonchev–Trinajstić information content (AvgIpc) is 2.04. The summed E-state index contributed by atoms with van der Waals surface area (Å²) in [4.78, 5) is 18.7. The van der Waals surface area contributed by atoms with Crippen molar-refractivity contribution in [3.63, 3.8) is 0 Å². The van der Waals surface area contributed by atoms with Gasteiger partial charge in [0.25, 0.3) is 5.69 Å². The van der Waals surface area contributed by atoms with Crippen molar-refractivity contribution in [3.8, 4) is 5.75 Å². The first-order valence-electron chi connectivity index (χ1n) is 3.14. The zero-order chi connectivity index (χ0) is 10.0. The quantitative estimate of drug-likeness (QED) is 0.448. The molecule has 0 aliphatic carbocycles. The Hall–Kier alpha value is -0.544. The molecule has 1 aromatic rings. The van der Waals surface area contributed by atoms with Crippen LogP contribution in [0, 0.1) is 20.2 Å². The van der Waals surface area contributed by atoms with Gasteiger partial charge in [0.15, 0.2) is 5.75 Å². The third kappa shape index (κ3) is 2.99. The van der Waals surface area contributed by atoms with Gasteiger partial charge in [-0.3, -0.25) is 20.2 Å². The van der Waals surface area contributed by atoms with Crippen LogP contribution in [-0.2, 0) is 0 Å². The van der Waals surface area contributed by atoms with Gasteiger partial charge < -0.3 is 5.11 Å². The van der Waals surface area contributed by atoms with E-state index in [4.69, 9.17) is 5.11 Å². The number of nitro benzene ring substituents is 2. The van der Waals surface area contributed by atoms with Gasteiger partial charge in [-0.05, 0) is 6.07 Å². The first kappa shape index (κ1) is 13.5. The Morgan fingerprint density at radius 3 is 2.14 bits per heavy atom. The Morgan fingerprint density at radius 2 is 1.71 bits per heavy atom. The Morgan fingerprint density at radius 1 is 1.14 bits per heavy atom. The molecule has 1 aromatic carbocycles. The summed E-state index contributed by atoms with van der Waals surface area (Å²) in [5, 5.41) is 29.3. The van der Waals surface area contributed by atoms with Crippen molar-refractivity contribution < 1.29 is 15.0 Å². The normalized spacial score (nSPS) is 8.86. The third-order valence-corrected chi connectivity index (χ3v) is 1.37. The van der Waals surface area contributed by atoms with Crippen molar-refractivity contribution in [1.82, 2.24) is 0 Å². The van der Waals surface area contributed by atoms with Gasteiger partial charge in [-0.15, -0.1) is 0 Å². The second-order valence-corrected chi connectivity index (χ2v) is 2.19. The molecule has 7 nitrogen and oxygen atoms in total. The first-order valence-corrected chi connectivity index (χ1v) is 3.14. The molecule has 0 unspecified atom stereocenters. The van der Waals surface area contributed by atoms with Gasteiger partial charge in [-0.1, -0.05) is 0 Å². The van der Waals surface area contributed by atoms with Crippen molar-refractivity contribution >= 4 is 62.8 Å². The molecular formula is C6H5KN2O5. The van der Waals surface area contributed by atoms with E-state index in [0.717, 1.165) is 12.1 Å². The standard InChI is InChI=1S/C6H4N2O5.K.H/c9-6-2-1-4(7(10)11)3-5(6)8(12)13;;/h1-3,9H;;. The Kier molecular flexibility index (Phi) is 5.16. The molecule has 0 atom stereocenters. The van der Waals surface area contributed by atoms with Gasteiger partial charge in [-0.25, -0.2) is 0 Å². The maximum absolute atomic E-state index is 10.2. The number of nitro groups is 2. The van der Waals surface area contributed by atoms with Crippen LogP contribution >= 0.6 is 0 Å². The number of benzene rings is 1. The van der Waals surface area contributed by atoms with E-state index in [1.165, 1.54) is 0 Å². The summed E-state index contributed by atoms with van der Waals surface area (Å²) in [5.41, 5.74) is -1.10. The third-order valence-electron chi connectivity index (χ3n) is 1.37. The molecule has 1 N–H and O–H groups in total. The fourth-order valence-electron chi connectivity index (χ4n) is 0.772. The van der Waals surface area contributed by atoms with E-state index in [1.807, 2.05) is 0 Å². The van der Waals surface area contributed by atoms with E-state index >= 15 is 0 Å². The summed E-state index contributed by atoms with van der Waals surface area (Å²) in [6, 6.07) is 2.61. The van der Waals surface area contributed by atoms with E-state index in [0.29, 0.717) is 6.07 Å². The fourth-order valence-corrected chi connectivity index (χ4v) is 0.772. The monoisotopic (exact) mass is 224 g/mol. The number of aromatic hydroxyl groups is 1. The van der Waals surface area contributed by atoms with E-state index in [-0.39, 0.29) is 51.4 Å². The summed E-state index contributed by atoms with van der Waals surface area (Å²) in [6.07, 6.45) is 0. The minimum absolute atomic E-state index is 0. The Bertz CT molecular complexity index is 380. The van der Waals surface area contributed by atoms with E-state index < -0.39 is 27.0 Å². The zero-order valence-electron chi connectivity index (χ0n) is 6.21. The van der Waals surface area contributed by atoms with Crippen molar-refractivity contribution in [3.05, 3.63) is 38.4 Å². The summed E-state index contributed by atoms with van der Waals surface area (Å²) < 4.78 is 0. The van der Waals surface area contributed by atoms with Crippen LogP contribution in [0.4, 0.5) is 11.4 Å². The number of rotatable bonds is 2. The molecule has 0 aliphatic rings. The molecule has 70 valence electrons. The van der Waals surface area contributed by atoms with Crippen LogP contribution in [0.15, 0.2) is 18.2 Å². The molecule has 0 radical (unpaired) electrons. The first-order chi connectivity index (χ1) is 6.02. The molecule has 0 heterocycles. The molecule has 0 aliphatic heterocycles. The van der Waals surface area contributed by atoms with Gasteiger partial charge >= 0.3 is 57.1 Å². The van der Waals surface area contributed by atoms with Crippen LogP contribution in [0.1, 0.15) is 0 Å². The molecule has 0 amide bonds. The van der Waals surface area contributed by atoms with Crippen LogP contribution in [0.3, 0.4) is 0 Å². The SMILES string of the molecule is O=[N+]([O-])c1ccc(O)c([N+](=O)[O-])c1.[KH]. The second-order valence-electron chi connectivity index (χ2n) is 2.19. The predicted octanol–water partition coefficient (Wildman–Crippen LogP) is 0.560. The minimum atomic E-state index is -0.887. The van der Waals surface area contributed by atoms with Crippen molar-refractivity contribution in [2.75, 3.05) is 0 Å². The molecule has 0 aromatic heterocycles. The second kappa shape index (κ2) is 5.37. The molecular weight excluding hydrogens is 219 g/mol. The molecule has 0 saturated heterocycles. The van der Waals surface area contributed by atoms with E-state index in [9.17, 15) is 20.2 Å². The number of phenols is 1. The predicted molar refractivity (Wildman–Crippen MR) is 48.6 cm³/mol. The number of hydrogen-bond donors (Lipinski definition) is 1. The van der Waals surface area contributed by atoms with Gasteiger partial charge in [0.05, 0.1) is 15.9 Å². The molecule has 1 rings (SSSR count). The zero-order valence-corrected chi connectivity index (χ0v) is 6.21. The van der Waals surface area contributed by atoms with Crippen LogP contribution < -0.4 is 0 Å². The topological polar surface area (TPSA) is 107 Å². The maximum atomic E-state index is 10.2. The van der Waals surface area contributed by atoms with Gasteiger partial charge in [0.2, 0.25) is 0 Å². The van der Waals surface area contributed by atoms with Gasteiger partial charge in [-0.2, -0.15) is 0 Å². The van der Waals surface area contributed by atoms with Crippen LogP contribution in [0.5, 0.6) is 5.75 Å². The average molecular weight is 224 g/mol.